The van der Waals surface area contributed by atoms with Crippen molar-refractivity contribution in [2.24, 2.45) is 0 Å². The summed E-state index contributed by atoms with van der Waals surface area (Å²) < 4.78 is 27.3. The van der Waals surface area contributed by atoms with Crippen LogP contribution >= 0.6 is 0 Å². The number of unbranched alkanes of at least 4 members (excludes halogenated alkanes) is 9. The van der Waals surface area contributed by atoms with Crippen molar-refractivity contribution in [2.45, 2.75) is 133 Å². The highest BCUT2D eigenvalue weighted by Gasteiger charge is 2.47. The third-order valence-corrected chi connectivity index (χ3v) is 7.09. The fraction of sp³-hybridized carbons (Fsp3) is 1.00. The first-order chi connectivity index (χ1) is 18.3. The molecule has 12 heteroatoms. The van der Waals surface area contributed by atoms with Gasteiger partial charge in [-0.1, -0.05) is 64.7 Å². The Morgan fingerprint density at radius 1 is 0.526 bits per heavy atom. The summed E-state index contributed by atoms with van der Waals surface area (Å²) in [6.07, 6.45) is -1.97. The monoisotopic (exact) mass is 554 g/mol. The third kappa shape index (κ3) is 10.8. The number of aliphatic hydroxyl groups excluding tert-OH is 7. The average molecular weight is 555 g/mol. The first-order valence-corrected chi connectivity index (χ1v) is 14.1. The molecule has 0 aromatic rings. The largest absolute Gasteiger partial charge is 0.394 e. The maximum Gasteiger partial charge on any atom is 0.186 e. The number of aliphatic hydroxyl groups is 7. The molecule has 0 amide bonds. The fourth-order valence-corrected chi connectivity index (χ4v) is 4.60. The van der Waals surface area contributed by atoms with Gasteiger partial charge >= 0.3 is 0 Å². The summed E-state index contributed by atoms with van der Waals surface area (Å²) in [4.78, 5) is 0. The molecule has 2 aliphatic heterocycles. The Labute approximate surface area is 225 Å². The average Bonchev–Trinajstić information content (AvgIpc) is 2.92. The van der Waals surface area contributed by atoms with Crippen molar-refractivity contribution in [3.8, 4) is 0 Å². The zero-order chi connectivity index (χ0) is 27.9. The number of hydrogen-bond donors (Lipinski definition) is 7. The summed E-state index contributed by atoms with van der Waals surface area (Å²) >= 11 is 0. The molecule has 0 spiro atoms. The summed E-state index contributed by atoms with van der Waals surface area (Å²) in [5, 5.41) is 69.8. The van der Waals surface area contributed by atoms with E-state index in [4.69, 9.17) is 23.7 Å². The number of ether oxygens (including phenoxy) is 5. The zero-order valence-electron chi connectivity index (χ0n) is 22.6. The molecule has 2 saturated heterocycles. The van der Waals surface area contributed by atoms with Gasteiger partial charge < -0.3 is 59.4 Å². The molecule has 38 heavy (non-hydrogen) atoms. The van der Waals surface area contributed by atoms with Crippen molar-refractivity contribution in [3.05, 3.63) is 0 Å². The van der Waals surface area contributed by atoms with E-state index in [0.29, 0.717) is 6.61 Å². The standard InChI is InChI=1S/C26H50O12/c1-2-3-4-5-6-7-8-9-10-11-12-34-13-14-35-25-23(32)22(31)20(29)18(38-25)16-36-26-24(33)21(30)19(28)17(15-27)37-26/h17-33H,2-16H2,1H3/t17-,18-,19+,20-,21+,22+,23-,24-,25+,26+/m1/s1. The van der Waals surface area contributed by atoms with Gasteiger partial charge in [0.05, 0.1) is 26.4 Å². The highest BCUT2D eigenvalue weighted by Crippen LogP contribution is 2.26. The van der Waals surface area contributed by atoms with E-state index >= 15 is 0 Å². The second-order valence-electron chi connectivity index (χ2n) is 10.2. The summed E-state index contributed by atoms with van der Waals surface area (Å²) in [5.74, 6) is 0. The van der Waals surface area contributed by atoms with Gasteiger partial charge in [-0.05, 0) is 6.42 Å². The van der Waals surface area contributed by atoms with Crippen molar-refractivity contribution < 1.29 is 59.4 Å². The predicted octanol–water partition coefficient (Wildman–Crippen LogP) is -0.435. The molecule has 226 valence electrons. The Morgan fingerprint density at radius 2 is 1.03 bits per heavy atom. The topological polar surface area (TPSA) is 188 Å². The highest BCUT2D eigenvalue weighted by atomic mass is 16.7. The lowest BCUT2D eigenvalue weighted by atomic mass is 9.98. The van der Waals surface area contributed by atoms with E-state index in [1.807, 2.05) is 0 Å². The molecule has 0 unspecified atom stereocenters. The van der Waals surface area contributed by atoms with Gasteiger partial charge in [-0.15, -0.1) is 0 Å². The van der Waals surface area contributed by atoms with Gasteiger partial charge in [0.15, 0.2) is 12.6 Å². The SMILES string of the molecule is CCCCCCCCCCCCOCCO[C@H]1O[C@H](CO[C@H]2O[C@H](CO)[C@H](O)[C@H](O)[C@H]2O)[C@@H](O)[C@H](O)[C@H]1O. The second-order valence-corrected chi connectivity index (χ2v) is 10.2. The molecular weight excluding hydrogens is 504 g/mol. The lowest BCUT2D eigenvalue weighted by Gasteiger charge is -2.42. The van der Waals surface area contributed by atoms with Crippen LogP contribution in [0.25, 0.3) is 0 Å². The van der Waals surface area contributed by atoms with Crippen LogP contribution in [0.1, 0.15) is 71.1 Å². The van der Waals surface area contributed by atoms with Gasteiger partial charge in [0.2, 0.25) is 0 Å². The molecule has 12 nitrogen and oxygen atoms in total. The van der Waals surface area contributed by atoms with Gasteiger partial charge in [-0.3, -0.25) is 0 Å². The Balaban J connectivity index is 1.61. The minimum absolute atomic E-state index is 0.0998. The van der Waals surface area contributed by atoms with Gasteiger partial charge in [-0.25, -0.2) is 0 Å². The maximum atomic E-state index is 10.3. The minimum atomic E-state index is -1.62. The van der Waals surface area contributed by atoms with Crippen LogP contribution < -0.4 is 0 Å². The highest BCUT2D eigenvalue weighted by molar-refractivity contribution is 4.91. The predicted molar refractivity (Wildman–Crippen MR) is 135 cm³/mol. The Morgan fingerprint density at radius 3 is 1.61 bits per heavy atom. The zero-order valence-corrected chi connectivity index (χ0v) is 22.6. The molecule has 0 bridgehead atoms. The van der Waals surface area contributed by atoms with Crippen LogP contribution in [-0.4, -0.2) is 130 Å². The first-order valence-electron chi connectivity index (χ1n) is 14.1. The smallest absolute Gasteiger partial charge is 0.186 e. The van der Waals surface area contributed by atoms with Gasteiger partial charge in [0.1, 0.15) is 48.8 Å². The molecule has 0 aromatic carbocycles. The van der Waals surface area contributed by atoms with Crippen molar-refractivity contribution in [1.82, 2.24) is 0 Å². The van der Waals surface area contributed by atoms with E-state index in [1.54, 1.807) is 0 Å². The molecule has 10 atom stereocenters. The van der Waals surface area contributed by atoms with E-state index in [0.717, 1.165) is 12.8 Å². The summed E-state index contributed by atoms with van der Waals surface area (Å²) in [6, 6.07) is 0. The first kappa shape index (κ1) is 33.7. The number of hydrogen-bond acceptors (Lipinski definition) is 12. The molecule has 7 N–H and O–H groups in total. The summed E-state index contributed by atoms with van der Waals surface area (Å²) in [7, 11) is 0. The van der Waals surface area contributed by atoms with Crippen molar-refractivity contribution in [3.63, 3.8) is 0 Å². The molecule has 2 aliphatic rings. The van der Waals surface area contributed by atoms with E-state index in [-0.39, 0.29) is 13.2 Å². The second kappa shape index (κ2) is 18.8. The van der Waals surface area contributed by atoms with Gasteiger partial charge in [0.25, 0.3) is 0 Å². The van der Waals surface area contributed by atoms with Gasteiger partial charge in [0, 0.05) is 6.61 Å². The van der Waals surface area contributed by atoms with Crippen molar-refractivity contribution in [2.75, 3.05) is 33.0 Å². The summed E-state index contributed by atoms with van der Waals surface area (Å²) in [5.41, 5.74) is 0. The van der Waals surface area contributed by atoms with Crippen LogP contribution in [0, 0.1) is 0 Å². The van der Waals surface area contributed by atoms with Crippen molar-refractivity contribution in [1.29, 1.82) is 0 Å². The van der Waals surface area contributed by atoms with E-state index in [1.165, 1.54) is 51.4 Å². The van der Waals surface area contributed by atoms with E-state index in [2.05, 4.69) is 6.92 Å². The third-order valence-electron chi connectivity index (χ3n) is 7.09. The summed E-state index contributed by atoms with van der Waals surface area (Å²) in [6.45, 7) is 2.18. The van der Waals surface area contributed by atoms with E-state index < -0.39 is 74.6 Å². The molecule has 2 rings (SSSR count). The fourth-order valence-electron chi connectivity index (χ4n) is 4.60. The number of rotatable bonds is 19. The lowest BCUT2D eigenvalue weighted by Crippen LogP contribution is -2.61. The van der Waals surface area contributed by atoms with Crippen LogP contribution in [-0.2, 0) is 23.7 Å². The molecule has 0 aliphatic carbocycles. The molecular formula is C26H50O12. The molecule has 0 radical (unpaired) electrons. The van der Waals surface area contributed by atoms with Crippen LogP contribution in [0.5, 0.6) is 0 Å². The maximum absolute atomic E-state index is 10.3. The van der Waals surface area contributed by atoms with Gasteiger partial charge in [-0.2, -0.15) is 0 Å². The van der Waals surface area contributed by atoms with Crippen molar-refractivity contribution >= 4 is 0 Å². The molecule has 0 saturated carbocycles. The van der Waals surface area contributed by atoms with Crippen LogP contribution in [0.4, 0.5) is 0 Å². The Hall–Kier alpha value is -0.480. The Bertz CT molecular complexity index is 597. The normalized spacial score (nSPS) is 36.0. The molecule has 0 aromatic heterocycles. The molecule has 2 heterocycles. The van der Waals surface area contributed by atoms with E-state index in [9.17, 15) is 35.7 Å². The van der Waals surface area contributed by atoms with Crippen LogP contribution in [0.2, 0.25) is 0 Å². The quantitative estimate of drug-likeness (QED) is 0.102. The lowest BCUT2D eigenvalue weighted by molar-refractivity contribution is -0.331. The van der Waals surface area contributed by atoms with Crippen LogP contribution in [0.15, 0.2) is 0 Å². The Kier molecular flexibility index (Phi) is 16.7. The minimum Gasteiger partial charge on any atom is -0.394 e. The molecule has 2 fully saturated rings. The van der Waals surface area contributed by atoms with Crippen LogP contribution in [0.3, 0.4) is 0 Å².